The minimum atomic E-state index is 0.0599. The van der Waals surface area contributed by atoms with Crippen molar-refractivity contribution in [3.8, 4) is 0 Å². The molecule has 0 radical (unpaired) electrons. The maximum absolute atomic E-state index is 6.31. The Morgan fingerprint density at radius 3 is 2.83 bits per heavy atom. The van der Waals surface area contributed by atoms with Crippen LogP contribution in [0, 0.1) is 5.92 Å². The lowest BCUT2D eigenvalue weighted by molar-refractivity contribution is -0.149. The van der Waals surface area contributed by atoms with Gasteiger partial charge in [-0.1, -0.05) is 0 Å². The van der Waals surface area contributed by atoms with Gasteiger partial charge < -0.3 is 19.9 Å². The molecule has 2 fully saturated rings. The van der Waals surface area contributed by atoms with Crippen LogP contribution in [0.15, 0.2) is 0 Å². The fourth-order valence-electron chi connectivity index (χ4n) is 3.12. The lowest BCUT2D eigenvalue weighted by Crippen LogP contribution is -2.48. The summed E-state index contributed by atoms with van der Waals surface area (Å²) >= 11 is 0. The van der Waals surface area contributed by atoms with Crippen LogP contribution in [0.4, 0.5) is 0 Å². The monoisotopic (exact) mass is 257 g/mol. The van der Waals surface area contributed by atoms with Gasteiger partial charge in [-0.3, -0.25) is 0 Å². The summed E-state index contributed by atoms with van der Waals surface area (Å²) in [5.74, 6) is 0.581. The Kier molecular flexibility index (Phi) is 5.42. The van der Waals surface area contributed by atoms with Crippen LogP contribution < -0.4 is 5.73 Å². The first kappa shape index (κ1) is 14.3. The summed E-state index contributed by atoms with van der Waals surface area (Å²) in [5, 5.41) is 0. The van der Waals surface area contributed by atoms with Crippen molar-refractivity contribution in [3.05, 3.63) is 0 Å². The molecule has 2 rings (SSSR count). The zero-order valence-corrected chi connectivity index (χ0v) is 11.5. The van der Waals surface area contributed by atoms with E-state index in [1.165, 1.54) is 0 Å². The fourth-order valence-corrected chi connectivity index (χ4v) is 3.12. The Labute approximate surface area is 110 Å². The van der Waals surface area contributed by atoms with E-state index in [1.807, 2.05) is 6.92 Å². The van der Waals surface area contributed by atoms with Crippen molar-refractivity contribution in [1.29, 1.82) is 0 Å². The highest BCUT2D eigenvalue weighted by atomic mass is 16.5. The summed E-state index contributed by atoms with van der Waals surface area (Å²) in [6, 6.07) is 0.250. The zero-order valence-electron chi connectivity index (χ0n) is 11.5. The second-order valence-electron chi connectivity index (χ2n) is 5.55. The third kappa shape index (κ3) is 3.67. The molecular formula is C14H27NO3. The number of hydrogen-bond donors (Lipinski definition) is 1. The molecular weight excluding hydrogens is 230 g/mol. The molecule has 0 aromatic heterocycles. The minimum absolute atomic E-state index is 0.0599. The van der Waals surface area contributed by atoms with Gasteiger partial charge in [0.05, 0.1) is 5.60 Å². The van der Waals surface area contributed by atoms with Crippen LogP contribution in [0.2, 0.25) is 0 Å². The molecule has 2 aliphatic rings. The molecule has 0 bridgehead atoms. The smallest absolute Gasteiger partial charge is 0.0729 e. The fraction of sp³-hybridized carbons (Fsp3) is 1.00. The number of hydrogen-bond acceptors (Lipinski definition) is 4. The summed E-state index contributed by atoms with van der Waals surface area (Å²) in [7, 11) is 0. The molecule has 106 valence electrons. The first-order valence-corrected chi connectivity index (χ1v) is 7.31. The second kappa shape index (κ2) is 6.85. The third-order valence-corrected chi connectivity index (χ3v) is 4.34. The van der Waals surface area contributed by atoms with Crippen molar-refractivity contribution in [1.82, 2.24) is 0 Å². The van der Waals surface area contributed by atoms with E-state index in [4.69, 9.17) is 19.9 Å². The molecule has 2 saturated heterocycles. The predicted molar refractivity (Wildman–Crippen MR) is 70.5 cm³/mol. The van der Waals surface area contributed by atoms with Gasteiger partial charge in [0.1, 0.15) is 0 Å². The molecule has 0 aromatic rings. The van der Waals surface area contributed by atoms with Gasteiger partial charge in [-0.05, 0) is 44.9 Å². The Bertz CT molecular complexity index is 236. The molecule has 2 N–H and O–H groups in total. The van der Waals surface area contributed by atoms with Crippen LogP contribution in [-0.4, -0.2) is 44.7 Å². The molecule has 0 aromatic carbocycles. The lowest BCUT2D eigenvalue weighted by Gasteiger charge is -2.44. The minimum Gasteiger partial charge on any atom is -0.382 e. The quantitative estimate of drug-likeness (QED) is 0.762. The zero-order chi connectivity index (χ0) is 12.8. The molecule has 2 atom stereocenters. The Balaban J connectivity index is 1.81. The summed E-state index contributed by atoms with van der Waals surface area (Å²) in [6.45, 7) is 6.11. The van der Waals surface area contributed by atoms with E-state index in [0.717, 1.165) is 65.1 Å². The van der Waals surface area contributed by atoms with Crippen LogP contribution in [0.3, 0.4) is 0 Å². The van der Waals surface area contributed by atoms with Gasteiger partial charge in [0.2, 0.25) is 0 Å². The van der Waals surface area contributed by atoms with Crippen molar-refractivity contribution < 1.29 is 14.2 Å². The van der Waals surface area contributed by atoms with Crippen molar-refractivity contribution in [2.75, 3.05) is 33.0 Å². The predicted octanol–water partition coefficient (Wildman–Crippen LogP) is 1.72. The van der Waals surface area contributed by atoms with Gasteiger partial charge in [-0.15, -0.1) is 0 Å². The van der Waals surface area contributed by atoms with E-state index in [1.54, 1.807) is 0 Å². The average Bonchev–Trinajstić information content (AvgIpc) is 2.40. The van der Waals surface area contributed by atoms with Gasteiger partial charge in [0, 0.05) is 39.1 Å². The summed E-state index contributed by atoms with van der Waals surface area (Å²) in [6.07, 6.45) is 5.22. The average molecular weight is 257 g/mol. The molecule has 1 spiro atoms. The number of rotatable bonds is 5. The van der Waals surface area contributed by atoms with Crippen molar-refractivity contribution in [2.45, 2.75) is 50.7 Å². The number of nitrogens with two attached hydrogens (primary N) is 1. The summed E-state index contributed by atoms with van der Waals surface area (Å²) in [4.78, 5) is 0. The van der Waals surface area contributed by atoms with Crippen LogP contribution in [0.1, 0.15) is 39.0 Å². The highest BCUT2D eigenvalue weighted by Gasteiger charge is 2.40. The molecule has 4 nitrogen and oxygen atoms in total. The highest BCUT2D eigenvalue weighted by Crippen LogP contribution is 2.38. The maximum atomic E-state index is 6.31. The first-order chi connectivity index (χ1) is 8.76. The summed E-state index contributed by atoms with van der Waals surface area (Å²) in [5.41, 5.74) is 6.37. The molecule has 2 heterocycles. The van der Waals surface area contributed by atoms with E-state index in [9.17, 15) is 0 Å². The van der Waals surface area contributed by atoms with Crippen molar-refractivity contribution in [3.63, 3.8) is 0 Å². The first-order valence-electron chi connectivity index (χ1n) is 7.31. The topological polar surface area (TPSA) is 53.7 Å². The normalized spacial score (nSPS) is 29.3. The van der Waals surface area contributed by atoms with Gasteiger partial charge in [0.25, 0.3) is 0 Å². The van der Waals surface area contributed by atoms with Gasteiger partial charge in [-0.2, -0.15) is 0 Å². The van der Waals surface area contributed by atoms with E-state index < -0.39 is 0 Å². The van der Waals surface area contributed by atoms with Crippen molar-refractivity contribution in [2.24, 2.45) is 11.7 Å². The van der Waals surface area contributed by atoms with Gasteiger partial charge in [-0.25, -0.2) is 0 Å². The molecule has 0 aliphatic carbocycles. The molecule has 0 amide bonds. The summed E-state index contributed by atoms with van der Waals surface area (Å²) < 4.78 is 16.9. The third-order valence-electron chi connectivity index (χ3n) is 4.34. The Morgan fingerprint density at radius 2 is 2.11 bits per heavy atom. The van der Waals surface area contributed by atoms with Gasteiger partial charge >= 0.3 is 0 Å². The van der Waals surface area contributed by atoms with Crippen LogP contribution in [0.25, 0.3) is 0 Å². The van der Waals surface area contributed by atoms with Crippen LogP contribution in [0.5, 0.6) is 0 Å². The van der Waals surface area contributed by atoms with Crippen LogP contribution >= 0.6 is 0 Å². The second-order valence-corrected chi connectivity index (χ2v) is 5.55. The molecule has 18 heavy (non-hydrogen) atoms. The Hall–Kier alpha value is -0.160. The lowest BCUT2D eigenvalue weighted by atomic mass is 9.77. The number of ether oxygens (including phenoxy) is 3. The van der Waals surface area contributed by atoms with Crippen molar-refractivity contribution >= 4 is 0 Å². The maximum Gasteiger partial charge on any atom is 0.0729 e. The standard InChI is InChI=1S/C14H27NO3/c1-2-16-7-4-13(15)12-3-8-18-14(11-12)5-9-17-10-6-14/h12-13H,2-11,15H2,1H3. The van der Waals surface area contributed by atoms with E-state index >= 15 is 0 Å². The molecule has 2 aliphatic heterocycles. The van der Waals surface area contributed by atoms with E-state index in [2.05, 4.69) is 0 Å². The highest BCUT2D eigenvalue weighted by molar-refractivity contribution is 4.91. The van der Waals surface area contributed by atoms with E-state index in [-0.39, 0.29) is 11.6 Å². The van der Waals surface area contributed by atoms with E-state index in [0.29, 0.717) is 5.92 Å². The van der Waals surface area contributed by atoms with Gasteiger partial charge in [0.15, 0.2) is 0 Å². The largest absolute Gasteiger partial charge is 0.382 e. The molecule has 4 heteroatoms. The molecule has 0 saturated carbocycles. The molecule has 2 unspecified atom stereocenters. The SMILES string of the molecule is CCOCCC(N)C1CCOC2(CCOCC2)C1. The van der Waals surface area contributed by atoms with Crippen LogP contribution in [-0.2, 0) is 14.2 Å². The Morgan fingerprint density at radius 1 is 1.33 bits per heavy atom.